The fraction of sp³-hybridized carbons (Fsp3) is 0.625. The van der Waals surface area contributed by atoms with Crippen LogP contribution in [0.1, 0.15) is 72.9 Å². The van der Waals surface area contributed by atoms with E-state index < -0.39 is 0 Å². The first-order valence-electron chi connectivity index (χ1n) is 10.1. The minimum atomic E-state index is -0.306. The first-order chi connectivity index (χ1) is 12.1. The molecule has 26 heavy (non-hydrogen) atoms. The number of ketones is 1. The van der Waals surface area contributed by atoms with Crippen LogP contribution in [0.2, 0.25) is 0 Å². The number of aliphatic hydroxyl groups is 1. The molecule has 0 saturated heterocycles. The fourth-order valence-electron chi connectivity index (χ4n) is 5.46. The molecule has 1 aromatic rings. The summed E-state index contributed by atoms with van der Waals surface area (Å²) in [5.74, 6) is 0.841. The third kappa shape index (κ3) is 2.78. The molecule has 0 heterocycles. The predicted molar refractivity (Wildman–Crippen MR) is 108 cm³/mol. The van der Waals surface area contributed by atoms with Crippen LogP contribution in [-0.4, -0.2) is 17.0 Å². The summed E-state index contributed by atoms with van der Waals surface area (Å²) in [5, 5.41) is 10.3. The quantitative estimate of drug-likeness (QED) is 0.687. The van der Waals surface area contributed by atoms with Gasteiger partial charge in [0.2, 0.25) is 0 Å². The number of benzene rings is 1. The molecule has 0 bridgehead atoms. The number of Topliss-reactive ketones (excluding diaryl/α,β-unsaturated/α-hetero) is 1. The van der Waals surface area contributed by atoms with Crippen LogP contribution in [0, 0.1) is 51.9 Å². The van der Waals surface area contributed by atoms with Gasteiger partial charge in [-0.25, -0.2) is 0 Å². The average Bonchev–Trinajstić information content (AvgIpc) is 2.62. The van der Waals surface area contributed by atoms with E-state index in [1.165, 1.54) is 33.4 Å². The second-order valence-corrected chi connectivity index (χ2v) is 9.07. The zero-order chi connectivity index (χ0) is 19.4. The van der Waals surface area contributed by atoms with Gasteiger partial charge in [-0.15, -0.1) is 0 Å². The van der Waals surface area contributed by atoms with Gasteiger partial charge in [-0.2, -0.15) is 0 Å². The van der Waals surface area contributed by atoms with E-state index in [2.05, 4.69) is 54.5 Å². The van der Waals surface area contributed by atoms with Gasteiger partial charge in [0.15, 0.2) is 5.78 Å². The van der Waals surface area contributed by atoms with Crippen molar-refractivity contribution in [2.45, 2.75) is 80.3 Å². The third-order valence-electron chi connectivity index (χ3n) is 7.93. The van der Waals surface area contributed by atoms with E-state index in [4.69, 9.17) is 0 Å². The highest BCUT2D eigenvalue weighted by atomic mass is 16.3. The second-order valence-electron chi connectivity index (χ2n) is 9.07. The van der Waals surface area contributed by atoms with Crippen molar-refractivity contribution >= 4 is 11.9 Å². The lowest BCUT2D eigenvalue weighted by Gasteiger charge is -2.49. The monoisotopic (exact) mass is 354 g/mol. The summed E-state index contributed by atoms with van der Waals surface area (Å²) in [4.78, 5) is 13.4. The molecule has 0 radical (unpaired) electrons. The van der Waals surface area contributed by atoms with Crippen LogP contribution in [0.15, 0.2) is 5.57 Å². The molecule has 1 aromatic carbocycles. The highest BCUT2D eigenvalue weighted by molar-refractivity contribution is 6.04. The van der Waals surface area contributed by atoms with Crippen LogP contribution >= 0.6 is 0 Å². The van der Waals surface area contributed by atoms with E-state index >= 15 is 0 Å². The fourth-order valence-corrected chi connectivity index (χ4v) is 5.46. The molecule has 2 aliphatic rings. The molecule has 2 saturated carbocycles. The van der Waals surface area contributed by atoms with Crippen LogP contribution in [0.4, 0.5) is 0 Å². The Kier molecular flexibility index (Phi) is 4.94. The number of aliphatic hydroxyl groups excluding tert-OH is 1. The van der Waals surface area contributed by atoms with Crippen LogP contribution < -0.4 is 0 Å². The van der Waals surface area contributed by atoms with Crippen molar-refractivity contribution in [1.29, 1.82) is 0 Å². The molecular formula is C24H34O2. The molecule has 0 spiro atoms. The van der Waals surface area contributed by atoms with Gasteiger partial charge in [0, 0.05) is 5.41 Å². The zero-order valence-corrected chi connectivity index (χ0v) is 17.5. The molecule has 142 valence electrons. The van der Waals surface area contributed by atoms with Gasteiger partial charge in [0.1, 0.15) is 0 Å². The number of hydrogen-bond acceptors (Lipinski definition) is 2. The van der Waals surface area contributed by atoms with E-state index in [1.54, 1.807) is 0 Å². The Morgan fingerprint density at radius 2 is 1.50 bits per heavy atom. The Bertz CT molecular complexity index is 757. The number of rotatable bonds is 1. The van der Waals surface area contributed by atoms with Crippen molar-refractivity contribution in [2.24, 2.45) is 17.3 Å². The van der Waals surface area contributed by atoms with Gasteiger partial charge < -0.3 is 5.11 Å². The van der Waals surface area contributed by atoms with Gasteiger partial charge in [0.05, 0.1) is 6.10 Å². The standard InChI is InChI=1S/C24H34O2/c1-13-14(2)16(4)20(17(5)15(13)3)12-19-8-9-21-18(6)22(25)10-11-24(21,7)23(19)26/h12,18,21-22,25H,8-11H2,1-7H3/t18-,21?,22?,24-/m0/s1. The smallest absolute Gasteiger partial charge is 0.165 e. The first kappa shape index (κ1) is 19.4. The van der Waals surface area contributed by atoms with Crippen LogP contribution in [-0.2, 0) is 4.79 Å². The Hall–Kier alpha value is -1.41. The zero-order valence-electron chi connectivity index (χ0n) is 17.5. The Morgan fingerprint density at radius 1 is 0.962 bits per heavy atom. The maximum atomic E-state index is 13.4. The van der Waals surface area contributed by atoms with Gasteiger partial charge in [-0.1, -0.05) is 13.8 Å². The van der Waals surface area contributed by atoms with E-state index in [9.17, 15) is 9.90 Å². The summed E-state index contributed by atoms with van der Waals surface area (Å²) in [7, 11) is 0. The van der Waals surface area contributed by atoms with Gasteiger partial charge in [0.25, 0.3) is 0 Å². The molecule has 2 unspecified atom stereocenters. The van der Waals surface area contributed by atoms with E-state index in [0.717, 1.165) is 31.3 Å². The van der Waals surface area contributed by atoms with Gasteiger partial charge in [-0.3, -0.25) is 4.79 Å². The van der Waals surface area contributed by atoms with Crippen LogP contribution in [0.25, 0.3) is 6.08 Å². The summed E-state index contributed by atoms with van der Waals surface area (Å²) in [6, 6.07) is 0. The molecule has 0 aliphatic heterocycles. The largest absolute Gasteiger partial charge is 0.393 e. The molecule has 2 heteroatoms. The lowest BCUT2D eigenvalue weighted by atomic mass is 9.54. The van der Waals surface area contributed by atoms with Crippen molar-refractivity contribution in [3.8, 4) is 0 Å². The Balaban J connectivity index is 2.04. The highest BCUT2D eigenvalue weighted by Crippen LogP contribution is 2.52. The van der Waals surface area contributed by atoms with E-state index in [-0.39, 0.29) is 17.4 Å². The summed E-state index contributed by atoms with van der Waals surface area (Å²) in [6.07, 6.45) is 5.33. The first-order valence-corrected chi connectivity index (χ1v) is 10.1. The molecule has 3 rings (SSSR count). The van der Waals surface area contributed by atoms with Crippen molar-refractivity contribution < 1.29 is 9.90 Å². The molecule has 0 aromatic heterocycles. The number of carbonyl (C=O) groups excluding carboxylic acids is 1. The van der Waals surface area contributed by atoms with Crippen LogP contribution in [0.3, 0.4) is 0 Å². The maximum Gasteiger partial charge on any atom is 0.165 e. The minimum Gasteiger partial charge on any atom is -0.393 e. The lowest BCUT2D eigenvalue weighted by molar-refractivity contribution is -0.137. The van der Waals surface area contributed by atoms with Crippen molar-refractivity contribution in [2.75, 3.05) is 0 Å². The Labute approximate surface area is 158 Å². The molecule has 4 atom stereocenters. The Morgan fingerprint density at radius 3 is 2.08 bits per heavy atom. The summed E-state index contributed by atoms with van der Waals surface area (Å²) in [6.45, 7) is 15.2. The predicted octanol–water partition coefficient (Wildman–Crippen LogP) is 5.39. The van der Waals surface area contributed by atoms with Gasteiger partial charge >= 0.3 is 0 Å². The van der Waals surface area contributed by atoms with Crippen molar-refractivity contribution in [1.82, 2.24) is 0 Å². The normalized spacial score (nSPS) is 33.5. The average molecular weight is 355 g/mol. The number of hydrogen-bond donors (Lipinski definition) is 1. The second kappa shape index (κ2) is 6.64. The van der Waals surface area contributed by atoms with Crippen LogP contribution in [0.5, 0.6) is 0 Å². The van der Waals surface area contributed by atoms with E-state index in [1.807, 2.05) is 0 Å². The lowest BCUT2D eigenvalue weighted by Crippen LogP contribution is -2.50. The maximum absolute atomic E-state index is 13.4. The van der Waals surface area contributed by atoms with Crippen molar-refractivity contribution in [3.63, 3.8) is 0 Å². The topological polar surface area (TPSA) is 37.3 Å². The molecule has 2 aliphatic carbocycles. The summed E-state index contributed by atoms with van der Waals surface area (Å²) in [5.41, 5.74) is 8.54. The third-order valence-corrected chi connectivity index (χ3v) is 7.93. The number of allylic oxidation sites excluding steroid dienone is 1. The molecule has 2 fully saturated rings. The molecule has 1 N–H and O–H groups in total. The van der Waals surface area contributed by atoms with E-state index in [0.29, 0.717) is 11.7 Å². The SMILES string of the molecule is Cc1c(C)c(C)c(C=C2CCC3[C@H](C)C(O)CC[C@]3(C)C2=O)c(C)c1C. The summed E-state index contributed by atoms with van der Waals surface area (Å²) < 4.78 is 0. The molecule has 2 nitrogen and oxygen atoms in total. The highest BCUT2D eigenvalue weighted by Gasteiger charge is 2.51. The number of fused-ring (bicyclic) bond motifs is 1. The number of carbonyl (C=O) groups is 1. The van der Waals surface area contributed by atoms with Crippen molar-refractivity contribution in [3.05, 3.63) is 39.0 Å². The minimum absolute atomic E-state index is 0.214. The summed E-state index contributed by atoms with van der Waals surface area (Å²) >= 11 is 0. The van der Waals surface area contributed by atoms with Gasteiger partial charge in [-0.05, 0) is 117 Å². The molecular weight excluding hydrogens is 320 g/mol. The molecule has 0 amide bonds.